The van der Waals surface area contributed by atoms with Crippen LogP contribution in [0.4, 0.5) is 5.82 Å². The number of aromatic nitrogens is 3. The van der Waals surface area contributed by atoms with Crippen LogP contribution in [0.2, 0.25) is 0 Å². The molecular formula is C20H29N5O. The summed E-state index contributed by atoms with van der Waals surface area (Å²) in [5.74, 6) is 1.23. The van der Waals surface area contributed by atoms with Crippen molar-refractivity contribution in [2.24, 2.45) is 5.92 Å². The van der Waals surface area contributed by atoms with Gasteiger partial charge in [-0.25, -0.2) is 0 Å². The fourth-order valence-electron chi connectivity index (χ4n) is 3.98. The highest BCUT2D eigenvalue weighted by molar-refractivity contribution is 5.87. The van der Waals surface area contributed by atoms with Gasteiger partial charge in [-0.1, -0.05) is 0 Å². The molecule has 3 heterocycles. The molecule has 1 fully saturated rings. The summed E-state index contributed by atoms with van der Waals surface area (Å²) in [5.41, 5.74) is 4.57. The molecule has 26 heavy (non-hydrogen) atoms. The van der Waals surface area contributed by atoms with Gasteiger partial charge in [0.05, 0.1) is 11.7 Å². The molecule has 1 aliphatic rings. The zero-order valence-electron chi connectivity index (χ0n) is 16.2. The maximum atomic E-state index is 11.2. The van der Waals surface area contributed by atoms with E-state index in [0.29, 0.717) is 11.7 Å². The number of carbonyl (C=O) groups excluding carboxylic acids is 1. The predicted molar refractivity (Wildman–Crippen MR) is 103 cm³/mol. The topological polar surface area (TPSA) is 73.9 Å². The Morgan fingerprint density at radius 1 is 1.35 bits per heavy atom. The monoisotopic (exact) mass is 355 g/mol. The Morgan fingerprint density at radius 3 is 2.77 bits per heavy atom. The van der Waals surface area contributed by atoms with Crippen molar-refractivity contribution in [2.75, 3.05) is 18.4 Å². The SMILES string of the molecule is CC(=O)Nc1cc([C@H](C)N2CCCC(Cc3cc(C)nc(C)c3)C2)n[nH]1. The highest BCUT2D eigenvalue weighted by Gasteiger charge is 2.26. The molecule has 1 unspecified atom stereocenters. The van der Waals surface area contributed by atoms with Gasteiger partial charge in [-0.3, -0.25) is 19.8 Å². The molecule has 3 rings (SSSR count). The number of aryl methyl sites for hydroxylation is 2. The van der Waals surface area contributed by atoms with Gasteiger partial charge >= 0.3 is 0 Å². The van der Waals surface area contributed by atoms with Gasteiger partial charge in [0.15, 0.2) is 0 Å². The molecule has 2 N–H and O–H groups in total. The third-order valence-electron chi connectivity index (χ3n) is 5.10. The Kier molecular flexibility index (Phi) is 5.71. The lowest BCUT2D eigenvalue weighted by molar-refractivity contribution is -0.114. The second-order valence-corrected chi connectivity index (χ2v) is 7.53. The number of nitrogens with zero attached hydrogens (tertiary/aromatic N) is 3. The average Bonchev–Trinajstić information content (AvgIpc) is 3.01. The van der Waals surface area contributed by atoms with Crippen molar-refractivity contribution >= 4 is 11.7 Å². The van der Waals surface area contributed by atoms with Crippen molar-refractivity contribution in [3.05, 3.63) is 40.8 Å². The van der Waals surface area contributed by atoms with Crippen LogP contribution in [-0.2, 0) is 11.2 Å². The first-order valence-electron chi connectivity index (χ1n) is 9.42. The number of anilines is 1. The van der Waals surface area contributed by atoms with Gasteiger partial charge in [-0.2, -0.15) is 5.10 Å². The summed E-state index contributed by atoms with van der Waals surface area (Å²) < 4.78 is 0. The molecule has 1 aliphatic heterocycles. The molecule has 2 aromatic heterocycles. The van der Waals surface area contributed by atoms with Crippen molar-refractivity contribution in [3.63, 3.8) is 0 Å². The molecule has 140 valence electrons. The normalized spacial score (nSPS) is 19.3. The van der Waals surface area contributed by atoms with E-state index in [9.17, 15) is 4.79 Å². The molecule has 1 amide bonds. The second kappa shape index (κ2) is 7.99. The minimum Gasteiger partial charge on any atom is -0.311 e. The number of hydrogen-bond donors (Lipinski definition) is 2. The molecule has 2 atom stereocenters. The first-order valence-corrected chi connectivity index (χ1v) is 9.42. The summed E-state index contributed by atoms with van der Waals surface area (Å²) in [6, 6.07) is 6.59. The van der Waals surface area contributed by atoms with E-state index < -0.39 is 0 Å². The van der Waals surface area contributed by atoms with Gasteiger partial charge < -0.3 is 5.32 Å². The third kappa shape index (κ3) is 4.69. The smallest absolute Gasteiger partial charge is 0.222 e. The van der Waals surface area contributed by atoms with Crippen LogP contribution in [0.15, 0.2) is 18.2 Å². The van der Waals surface area contributed by atoms with Crippen molar-refractivity contribution in [2.45, 2.75) is 53.0 Å². The zero-order chi connectivity index (χ0) is 18.7. The Labute approximate surface area is 155 Å². The minimum absolute atomic E-state index is 0.0890. The molecule has 0 bridgehead atoms. The van der Waals surface area contributed by atoms with Crippen molar-refractivity contribution < 1.29 is 4.79 Å². The van der Waals surface area contributed by atoms with Crippen LogP contribution in [-0.4, -0.2) is 39.1 Å². The van der Waals surface area contributed by atoms with Crippen LogP contribution >= 0.6 is 0 Å². The number of hydrogen-bond acceptors (Lipinski definition) is 4. The molecule has 6 heteroatoms. The van der Waals surface area contributed by atoms with Crippen LogP contribution < -0.4 is 5.32 Å². The van der Waals surface area contributed by atoms with Crippen LogP contribution in [0, 0.1) is 19.8 Å². The van der Waals surface area contributed by atoms with Crippen LogP contribution in [0.5, 0.6) is 0 Å². The highest BCUT2D eigenvalue weighted by Crippen LogP contribution is 2.28. The van der Waals surface area contributed by atoms with Crippen LogP contribution in [0.3, 0.4) is 0 Å². The lowest BCUT2D eigenvalue weighted by Gasteiger charge is -2.36. The summed E-state index contributed by atoms with van der Waals surface area (Å²) in [4.78, 5) is 18.2. The number of piperidine rings is 1. The van der Waals surface area contributed by atoms with Gasteiger partial charge in [0, 0.05) is 30.9 Å². The van der Waals surface area contributed by atoms with E-state index >= 15 is 0 Å². The number of amides is 1. The average molecular weight is 355 g/mol. The molecule has 0 radical (unpaired) electrons. The number of likely N-dealkylation sites (tertiary alicyclic amines) is 1. The van der Waals surface area contributed by atoms with Gasteiger partial charge in [-0.05, 0) is 70.2 Å². The Balaban J connectivity index is 1.63. The molecule has 1 saturated heterocycles. The lowest BCUT2D eigenvalue weighted by atomic mass is 9.90. The first kappa shape index (κ1) is 18.6. The lowest BCUT2D eigenvalue weighted by Crippen LogP contribution is -2.38. The number of carbonyl (C=O) groups is 1. The van der Waals surface area contributed by atoms with Gasteiger partial charge in [0.25, 0.3) is 0 Å². The van der Waals surface area contributed by atoms with E-state index in [1.165, 1.54) is 25.3 Å². The maximum absolute atomic E-state index is 11.2. The number of aromatic amines is 1. The van der Waals surface area contributed by atoms with Crippen LogP contribution in [0.25, 0.3) is 0 Å². The summed E-state index contributed by atoms with van der Waals surface area (Å²) in [6.45, 7) is 9.99. The quantitative estimate of drug-likeness (QED) is 0.862. The predicted octanol–water partition coefficient (Wildman–Crippen LogP) is 3.40. The molecule has 6 nitrogen and oxygen atoms in total. The highest BCUT2D eigenvalue weighted by atomic mass is 16.1. The Hall–Kier alpha value is -2.21. The van der Waals surface area contributed by atoms with E-state index in [4.69, 9.17) is 0 Å². The summed E-state index contributed by atoms with van der Waals surface area (Å²) in [7, 11) is 0. The van der Waals surface area contributed by atoms with E-state index in [2.05, 4.69) is 58.3 Å². The van der Waals surface area contributed by atoms with E-state index in [-0.39, 0.29) is 11.9 Å². The molecule has 2 aromatic rings. The maximum Gasteiger partial charge on any atom is 0.222 e. The molecular weight excluding hydrogens is 326 g/mol. The summed E-state index contributed by atoms with van der Waals surface area (Å²) in [6.07, 6.45) is 3.58. The number of pyridine rings is 1. The largest absolute Gasteiger partial charge is 0.311 e. The van der Waals surface area contributed by atoms with E-state index in [0.717, 1.165) is 36.6 Å². The summed E-state index contributed by atoms with van der Waals surface area (Å²) in [5, 5.41) is 10.0. The Morgan fingerprint density at radius 2 is 2.08 bits per heavy atom. The molecule has 0 saturated carbocycles. The summed E-state index contributed by atoms with van der Waals surface area (Å²) >= 11 is 0. The zero-order valence-corrected chi connectivity index (χ0v) is 16.2. The fraction of sp³-hybridized carbons (Fsp3) is 0.550. The molecule has 0 aromatic carbocycles. The fourth-order valence-corrected chi connectivity index (χ4v) is 3.98. The van der Waals surface area contributed by atoms with Crippen molar-refractivity contribution in [1.29, 1.82) is 0 Å². The van der Waals surface area contributed by atoms with Crippen molar-refractivity contribution in [3.8, 4) is 0 Å². The van der Waals surface area contributed by atoms with Crippen molar-refractivity contribution in [1.82, 2.24) is 20.1 Å². The molecule has 0 aliphatic carbocycles. The first-order chi connectivity index (χ1) is 12.4. The van der Waals surface area contributed by atoms with E-state index in [1.807, 2.05) is 6.07 Å². The van der Waals surface area contributed by atoms with E-state index in [1.54, 1.807) is 0 Å². The standard InChI is InChI=1S/C20H29N5O/c1-13-8-18(9-14(2)21-13)10-17-6-5-7-25(12-17)15(3)19-11-20(24-23-19)22-16(4)26/h8-9,11,15,17H,5-7,10,12H2,1-4H3,(H2,22,23,24,26)/t15-,17?/m0/s1. The minimum atomic E-state index is -0.0890. The molecule has 0 spiro atoms. The van der Waals surface area contributed by atoms with Gasteiger partial charge in [-0.15, -0.1) is 0 Å². The van der Waals surface area contributed by atoms with Gasteiger partial charge in [0.1, 0.15) is 5.82 Å². The Bertz CT molecular complexity index is 749. The number of H-pyrrole nitrogens is 1. The van der Waals surface area contributed by atoms with Gasteiger partial charge in [0.2, 0.25) is 5.91 Å². The number of rotatable bonds is 5. The third-order valence-corrected chi connectivity index (χ3v) is 5.10. The second-order valence-electron chi connectivity index (χ2n) is 7.53. The van der Waals surface area contributed by atoms with Crippen LogP contribution in [0.1, 0.15) is 55.4 Å². The number of nitrogens with one attached hydrogen (secondary N) is 2.